The molecule has 1 aromatic heterocycles. The Bertz CT molecular complexity index is 646. The van der Waals surface area contributed by atoms with E-state index in [-0.39, 0.29) is 18.1 Å². The Morgan fingerprint density at radius 2 is 1.83 bits per heavy atom. The maximum Gasteiger partial charge on any atom is 0.433 e. The monoisotopic (exact) mass is 332 g/mol. The Kier molecular flexibility index (Phi) is 5.36. The molecule has 0 fully saturated rings. The van der Waals surface area contributed by atoms with Gasteiger partial charge in [0.2, 0.25) is 0 Å². The lowest BCUT2D eigenvalue weighted by atomic mass is 10.2. The lowest BCUT2D eigenvalue weighted by Gasteiger charge is -2.11. The molecule has 0 aliphatic heterocycles. The van der Waals surface area contributed by atoms with Crippen LogP contribution < -0.4 is 10.1 Å². The standard InChI is InChI=1S/C15H13F5N2O/c16-13(17)9-23-11-4-1-3-10(7-11)8-21-14-6-2-5-12(22-14)15(18,19)20/h1-7,13H,8-9H2,(H,21,22). The first-order valence-corrected chi connectivity index (χ1v) is 6.62. The van der Waals surface area contributed by atoms with Crippen molar-refractivity contribution in [3.8, 4) is 5.75 Å². The summed E-state index contributed by atoms with van der Waals surface area (Å²) in [7, 11) is 0. The van der Waals surface area contributed by atoms with Crippen molar-refractivity contribution in [1.82, 2.24) is 4.98 Å². The van der Waals surface area contributed by atoms with E-state index < -0.39 is 24.9 Å². The fourth-order valence-corrected chi connectivity index (χ4v) is 1.79. The summed E-state index contributed by atoms with van der Waals surface area (Å²) >= 11 is 0. The number of nitrogens with one attached hydrogen (secondary N) is 1. The van der Waals surface area contributed by atoms with Gasteiger partial charge in [0.15, 0.2) is 0 Å². The second-order valence-corrected chi connectivity index (χ2v) is 4.61. The van der Waals surface area contributed by atoms with Crippen LogP contribution in [0.15, 0.2) is 42.5 Å². The summed E-state index contributed by atoms with van der Waals surface area (Å²) < 4.78 is 66.8. The molecule has 0 unspecified atom stereocenters. The number of anilines is 1. The molecule has 1 heterocycles. The van der Waals surface area contributed by atoms with Crippen LogP contribution in [0.4, 0.5) is 27.8 Å². The molecule has 0 amide bonds. The predicted molar refractivity (Wildman–Crippen MR) is 74.5 cm³/mol. The summed E-state index contributed by atoms with van der Waals surface area (Å²) in [5.41, 5.74) is -0.326. The van der Waals surface area contributed by atoms with Crippen LogP contribution in [-0.2, 0) is 12.7 Å². The largest absolute Gasteiger partial charge is 0.488 e. The van der Waals surface area contributed by atoms with Gasteiger partial charge in [0.25, 0.3) is 6.43 Å². The number of nitrogens with zero attached hydrogens (tertiary/aromatic N) is 1. The molecule has 8 heteroatoms. The SMILES string of the molecule is FC(F)COc1cccc(CNc2cccc(C(F)(F)F)n2)c1. The van der Waals surface area contributed by atoms with E-state index in [4.69, 9.17) is 4.74 Å². The number of pyridine rings is 1. The lowest BCUT2D eigenvalue weighted by Crippen LogP contribution is -2.10. The highest BCUT2D eigenvalue weighted by Crippen LogP contribution is 2.28. The van der Waals surface area contributed by atoms with Crippen molar-refractivity contribution < 1.29 is 26.7 Å². The average molecular weight is 332 g/mol. The Morgan fingerprint density at radius 1 is 1.09 bits per heavy atom. The molecule has 0 aliphatic carbocycles. The van der Waals surface area contributed by atoms with Gasteiger partial charge in [-0.1, -0.05) is 18.2 Å². The number of rotatable bonds is 6. The Hall–Kier alpha value is -2.38. The molecule has 0 bridgehead atoms. The van der Waals surface area contributed by atoms with Crippen LogP contribution in [-0.4, -0.2) is 18.0 Å². The van der Waals surface area contributed by atoms with Gasteiger partial charge in [0, 0.05) is 6.54 Å². The second-order valence-electron chi connectivity index (χ2n) is 4.61. The minimum Gasteiger partial charge on any atom is -0.488 e. The minimum absolute atomic E-state index is 0.0683. The van der Waals surface area contributed by atoms with E-state index >= 15 is 0 Å². The highest BCUT2D eigenvalue weighted by Gasteiger charge is 2.32. The first-order chi connectivity index (χ1) is 10.8. The second kappa shape index (κ2) is 7.26. The third-order valence-corrected chi connectivity index (χ3v) is 2.79. The highest BCUT2D eigenvalue weighted by molar-refractivity contribution is 5.38. The molecule has 1 N–H and O–H groups in total. The van der Waals surface area contributed by atoms with Gasteiger partial charge >= 0.3 is 6.18 Å². The van der Waals surface area contributed by atoms with Crippen molar-refractivity contribution in [3.05, 3.63) is 53.7 Å². The summed E-state index contributed by atoms with van der Waals surface area (Å²) in [5, 5.41) is 2.75. The first-order valence-electron chi connectivity index (χ1n) is 6.62. The van der Waals surface area contributed by atoms with Gasteiger partial charge in [-0.2, -0.15) is 13.2 Å². The van der Waals surface area contributed by atoms with Crippen molar-refractivity contribution >= 4 is 5.82 Å². The molecule has 0 atom stereocenters. The number of ether oxygens (including phenoxy) is 1. The molecular weight excluding hydrogens is 319 g/mol. The fraction of sp³-hybridized carbons (Fsp3) is 0.267. The molecule has 0 radical (unpaired) electrons. The third kappa shape index (κ3) is 5.39. The van der Waals surface area contributed by atoms with Crippen molar-refractivity contribution in [3.63, 3.8) is 0 Å². The quantitative estimate of drug-likeness (QED) is 0.798. The number of hydrogen-bond acceptors (Lipinski definition) is 3. The molecule has 0 saturated heterocycles. The topological polar surface area (TPSA) is 34.1 Å². The molecule has 1 aromatic carbocycles. The fourth-order valence-electron chi connectivity index (χ4n) is 1.79. The zero-order valence-corrected chi connectivity index (χ0v) is 11.8. The van der Waals surface area contributed by atoms with Crippen molar-refractivity contribution in [1.29, 1.82) is 0 Å². The normalized spacial score (nSPS) is 11.6. The van der Waals surface area contributed by atoms with Crippen LogP contribution in [0.2, 0.25) is 0 Å². The van der Waals surface area contributed by atoms with Gasteiger partial charge in [0.05, 0.1) is 0 Å². The summed E-state index contributed by atoms with van der Waals surface area (Å²) in [4.78, 5) is 3.47. The van der Waals surface area contributed by atoms with E-state index in [1.807, 2.05) is 0 Å². The van der Waals surface area contributed by atoms with Crippen molar-refractivity contribution in [2.24, 2.45) is 0 Å². The molecule has 124 valence electrons. The van der Waals surface area contributed by atoms with Crippen molar-refractivity contribution in [2.45, 2.75) is 19.1 Å². The summed E-state index contributed by atoms with van der Waals surface area (Å²) in [6.07, 6.45) is -7.09. The van der Waals surface area contributed by atoms with E-state index in [1.165, 1.54) is 24.3 Å². The zero-order valence-electron chi connectivity index (χ0n) is 11.8. The van der Waals surface area contributed by atoms with Crippen molar-refractivity contribution in [2.75, 3.05) is 11.9 Å². The van der Waals surface area contributed by atoms with Crippen LogP contribution >= 0.6 is 0 Å². The number of aromatic nitrogens is 1. The molecule has 2 rings (SSSR count). The number of alkyl halides is 5. The van der Waals surface area contributed by atoms with E-state index in [2.05, 4.69) is 10.3 Å². The third-order valence-electron chi connectivity index (χ3n) is 2.79. The van der Waals surface area contributed by atoms with Gasteiger partial charge in [-0.3, -0.25) is 0 Å². The Morgan fingerprint density at radius 3 is 2.52 bits per heavy atom. The van der Waals surface area contributed by atoms with Crippen LogP contribution in [0.1, 0.15) is 11.3 Å². The summed E-state index contributed by atoms with van der Waals surface area (Å²) in [6.45, 7) is -0.535. The molecule has 23 heavy (non-hydrogen) atoms. The van der Waals surface area contributed by atoms with E-state index in [9.17, 15) is 22.0 Å². The summed E-state index contributed by atoms with van der Waals surface area (Å²) in [6, 6.07) is 9.89. The molecule has 0 spiro atoms. The van der Waals surface area contributed by atoms with Gasteiger partial charge in [-0.15, -0.1) is 0 Å². The predicted octanol–water partition coefficient (Wildman–Crippen LogP) is 4.36. The zero-order chi connectivity index (χ0) is 16.9. The number of hydrogen-bond donors (Lipinski definition) is 1. The van der Waals surface area contributed by atoms with E-state index in [0.29, 0.717) is 5.56 Å². The van der Waals surface area contributed by atoms with Crippen LogP contribution in [0.25, 0.3) is 0 Å². The molecule has 2 aromatic rings. The van der Waals surface area contributed by atoms with E-state index in [1.54, 1.807) is 12.1 Å². The molecule has 3 nitrogen and oxygen atoms in total. The van der Waals surface area contributed by atoms with Crippen LogP contribution in [0.3, 0.4) is 0 Å². The number of benzene rings is 1. The number of halogens is 5. The van der Waals surface area contributed by atoms with Gasteiger partial charge < -0.3 is 10.1 Å². The van der Waals surface area contributed by atoms with Gasteiger partial charge in [-0.05, 0) is 29.8 Å². The lowest BCUT2D eigenvalue weighted by molar-refractivity contribution is -0.141. The van der Waals surface area contributed by atoms with E-state index in [0.717, 1.165) is 6.07 Å². The Balaban J connectivity index is 1.99. The Labute approximate surface area is 129 Å². The molecular formula is C15H13F5N2O. The highest BCUT2D eigenvalue weighted by atomic mass is 19.4. The maximum atomic E-state index is 12.6. The average Bonchev–Trinajstić information content (AvgIpc) is 2.51. The van der Waals surface area contributed by atoms with Gasteiger partial charge in [0.1, 0.15) is 23.9 Å². The van der Waals surface area contributed by atoms with Crippen LogP contribution in [0, 0.1) is 0 Å². The van der Waals surface area contributed by atoms with Gasteiger partial charge in [-0.25, -0.2) is 13.8 Å². The minimum atomic E-state index is -4.51. The molecule has 0 saturated carbocycles. The summed E-state index contributed by atoms with van der Waals surface area (Å²) in [5.74, 6) is 0.334. The maximum absolute atomic E-state index is 12.6. The molecule has 0 aliphatic rings. The van der Waals surface area contributed by atoms with Crippen LogP contribution in [0.5, 0.6) is 5.75 Å². The smallest absolute Gasteiger partial charge is 0.433 e. The first kappa shape index (κ1) is 17.0.